The van der Waals surface area contributed by atoms with Gasteiger partial charge in [-0.1, -0.05) is 0 Å². The molecule has 2 fully saturated rings. The highest BCUT2D eigenvalue weighted by Gasteiger charge is 2.34. The van der Waals surface area contributed by atoms with Gasteiger partial charge in [0.1, 0.15) is 0 Å². The summed E-state index contributed by atoms with van der Waals surface area (Å²) < 4.78 is 10.7. The first-order valence-electron chi connectivity index (χ1n) is 6.30. The molecule has 0 aromatic carbocycles. The highest BCUT2D eigenvalue weighted by molar-refractivity contribution is 5.79. The van der Waals surface area contributed by atoms with Crippen LogP contribution < -0.4 is 0 Å². The van der Waals surface area contributed by atoms with Crippen LogP contribution in [-0.4, -0.2) is 60.4 Å². The number of carboxylic acids is 1. The van der Waals surface area contributed by atoms with Gasteiger partial charge in [0, 0.05) is 13.1 Å². The standard InChI is InChI=1S/C12H19NO5/c1-8-4-9(7-18-8)12(16)13-2-3-17-10(6-13)5-11(14)15/h8-10H,2-7H2,1H3,(H,14,15). The molecule has 0 bridgehead atoms. The Labute approximate surface area is 106 Å². The summed E-state index contributed by atoms with van der Waals surface area (Å²) in [6.45, 7) is 3.75. The summed E-state index contributed by atoms with van der Waals surface area (Å²) in [4.78, 5) is 24.6. The molecule has 3 unspecified atom stereocenters. The molecule has 102 valence electrons. The number of carboxylic acid groups (broad SMARTS) is 1. The molecule has 1 N–H and O–H groups in total. The van der Waals surface area contributed by atoms with E-state index in [1.165, 1.54) is 0 Å². The minimum atomic E-state index is -0.896. The summed E-state index contributed by atoms with van der Waals surface area (Å²) in [7, 11) is 0. The predicted octanol–water partition coefficient (Wildman–Crippen LogP) is 0.114. The minimum absolute atomic E-state index is 0.0542. The molecule has 1 amide bonds. The van der Waals surface area contributed by atoms with E-state index in [2.05, 4.69) is 0 Å². The Morgan fingerprint density at radius 1 is 1.39 bits per heavy atom. The van der Waals surface area contributed by atoms with Crippen LogP contribution in [0.15, 0.2) is 0 Å². The van der Waals surface area contributed by atoms with Gasteiger partial charge in [0.25, 0.3) is 0 Å². The van der Waals surface area contributed by atoms with Gasteiger partial charge in [-0.3, -0.25) is 9.59 Å². The molecular formula is C12H19NO5. The summed E-state index contributed by atoms with van der Waals surface area (Å²) in [6, 6.07) is 0. The summed E-state index contributed by atoms with van der Waals surface area (Å²) in [5.41, 5.74) is 0. The lowest BCUT2D eigenvalue weighted by Gasteiger charge is -2.33. The molecule has 0 aromatic heterocycles. The lowest BCUT2D eigenvalue weighted by molar-refractivity contribution is -0.149. The summed E-state index contributed by atoms with van der Waals surface area (Å²) in [6.07, 6.45) is 0.441. The van der Waals surface area contributed by atoms with Crippen molar-refractivity contribution < 1.29 is 24.2 Å². The van der Waals surface area contributed by atoms with E-state index >= 15 is 0 Å². The topological polar surface area (TPSA) is 76.1 Å². The molecule has 6 heteroatoms. The molecule has 2 saturated heterocycles. The van der Waals surface area contributed by atoms with Crippen LogP contribution in [0.5, 0.6) is 0 Å². The first-order valence-corrected chi connectivity index (χ1v) is 6.30. The van der Waals surface area contributed by atoms with Crippen molar-refractivity contribution in [2.45, 2.75) is 32.0 Å². The van der Waals surface area contributed by atoms with Crippen LogP contribution in [0.25, 0.3) is 0 Å². The van der Waals surface area contributed by atoms with Gasteiger partial charge in [-0.2, -0.15) is 0 Å². The maximum absolute atomic E-state index is 12.2. The lowest BCUT2D eigenvalue weighted by Crippen LogP contribution is -2.48. The number of carbonyl (C=O) groups is 2. The van der Waals surface area contributed by atoms with Gasteiger partial charge in [0.2, 0.25) is 5.91 Å². The number of carbonyl (C=O) groups excluding carboxylic acids is 1. The second kappa shape index (κ2) is 5.67. The molecule has 3 atom stereocenters. The highest BCUT2D eigenvalue weighted by Crippen LogP contribution is 2.22. The summed E-state index contributed by atoms with van der Waals surface area (Å²) >= 11 is 0. The Hall–Kier alpha value is -1.14. The normalized spacial score (nSPS) is 32.5. The molecule has 6 nitrogen and oxygen atoms in total. The molecule has 0 radical (unpaired) electrons. The minimum Gasteiger partial charge on any atom is -0.481 e. The monoisotopic (exact) mass is 257 g/mol. The molecule has 2 aliphatic heterocycles. The molecule has 2 rings (SSSR count). The summed E-state index contributed by atoms with van der Waals surface area (Å²) in [5, 5.41) is 8.73. The van der Waals surface area contributed by atoms with Crippen molar-refractivity contribution in [2.75, 3.05) is 26.3 Å². The number of ether oxygens (including phenoxy) is 2. The number of hydrogen-bond donors (Lipinski definition) is 1. The van der Waals surface area contributed by atoms with Crippen molar-refractivity contribution in [3.05, 3.63) is 0 Å². The van der Waals surface area contributed by atoms with E-state index in [4.69, 9.17) is 14.6 Å². The first-order chi connectivity index (χ1) is 8.56. The zero-order valence-electron chi connectivity index (χ0n) is 10.5. The Balaban J connectivity index is 1.88. The molecule has 0 saturated carbocycles. The van der Waals surface area contributed by atoms with Gasteiger partial charge in [-0.25, -0.2) is 0 Å². The van der Waals surface area contributed by atoms with Crippen LogP contribution in [-0.2, 0) is 19.1 Å². The van der Waals surface area contributed by atoms with Crippen molar-refractivity contribution in [2.24, 2.45) is 5.92 Å². The van der Waals surface area contributed by atoms with E-state index in [0.29, 0.717) is 26.3 Å². The molecule has 0 spiro atoms. The quantitative estimate of drug-likeness (QED) is 0.776. The van der Waals surface area contributed by atoms with Crippen molar-refractivity contribution in [1.29, 1.82) is 0 Å². The van der Waals surface area contributed by atoms with E-state index in [9.17, 15) is 9.59 Å². The molecule has 2 heterocycles. The van der Waals surface area contributed by atoms with Gasteiger partial charge in [-0.05, 0) is 13.3 Å². The maximum atomic E-state index is 12.2. The van der Waals surface area contributed by atoms with E-state index in [1.807, 2.05) is 6.92 Å². The van der Waals surface area contributed by atoms with Gasteiger partial charge in [-0.15, -0.1) is 0 Å². The Morgan fingerprint density at radius 3 is 2.78 bits per heavy atom. The maximum Gasteiger partial charge on any atom is 0.306 e. The molecule has 2 aliphatic rings. The second-order valence-corrected chi connectivity index (χ2v) is 4.95. The molecular weight excluding hydrogens is 238 g/mol. The Morgan fingerprint density at radius 2 is 2.17 bits per heavy atom. The van der Waals surface area contributed by atoms with Crippen molar-refractivity contribution >= 4 is 11.9 Å². The van der Waals surface area contributed by atoms with E-state index < -0.39 is 5.97 Å². The van der Waals surface area contributed by atoms with Gasteiger partial charge in [0.15, 0.2) is 0 Å². The third-order valence-electron chi connectivity index (χ3n) is 3.40. The van der Waals surface area contributed by atoms with Gasteiger partial charge >= 0.3 is 5.97 Å². The second-order valence-electron chi connectivity index (χ2n) is 4.95. The van der Waals surface area contributed by atoms with Crippen molar-refractivity contribution in [3.63, 3.8) is 0 Å². The van der Waals surface area contributed by atoms with Crippen LogP contribution in [0.1, 0.15) is 19.8 Å². The fraction of sp³-hybridized carbons (Fsp3) is 0.833. The number of amides is 1. The molecule has 18 heavy (non-hydrogen) atoms. The summed E-state index contributed by atoms with van der Waals surface area (Å²) in [5.74, 6) is -0.909. The van der Waals surface area contributed by atoms with Crippen LogP contribution in [0.3, 0.4) is 0 Å². The zero-order valence-corrected chi connectivity index (χ0v) is 10.5. The molecule has 0 aromatic rings. The van der Waals surface area contributed by atoms with E-state index in [0.717, 1.165) is 6.42 Å². The average Bonchev–Trinajstić information content (AvgIpc) is 2.74. The van der Waals surface area contributed by atoms with Gasteiger partial charge in [0.05, 0.1) is 37.8 Å². The Kier molecular flexibility index (Phi) is 4.19. The first kappa shape index (κ1) is 13.3. The average molecular weight is 257 g/mol. The van der Waals surface area contributed by atoms with Crippen LogP contribution >= 0.6 is 0 Å². The Bertz CT molecular complexity index is 332. The van der Waals surface area contributed by atoms with E-state index in [1.54, 1.807) is 4.90 Å². The zero-order chi connectivity index (χ0) is 13.1. The van der Waals surface area contributed by atoms with Crippen molar-refractivity contribution in [3.8, 4) is 0 Å². The largest absolute Gasteiger partial charge is 0.481 e. The number of rotatable bonds is 3. The SMILES string of the molecule is CC1CC(C(=O)N2CCOC(CC(=O)O)C2)CO1. The number of morpholine rings is 1. The fourth-order valence-corrected chi connectivity index (χ4v) is 2.49. The van der Waals surface area contributed by atoms with Gasteiger partial charge < -0.3 is 19.5 Å². The third kappa shape index (κ3) is 3.20. The van der Waals surface area contributed by atoms with Crippen molar-refractivity contribution in [1.82, 2.24) is 4.90 Å². The highest BCUT2D eigenvalue weighted by atomic mass is 16.5. The van der Waals surface area contributed by atoms with E-state index in [-0.39, 0.29) is 30.5 Å². The van der Waals surface area contributed by atoms with Crippen LogP contribution in [0.4, 0.5) is 0 Å². The fourth-order valence-electron chi connectivity index (χ4n) is 2.49. The number of hydrogen-bond acceptors (Lipinski definition) is 4. The number of aliphatic carboxylic acids is 1. The van der Waals surface area contributed by atoms with Crippen LogP contribution in [0, 0.1) is 5.92 Å². The molecule has 0 aliphatic carbocycles. The smallest absolute Gasteiger partial charge is 0.306 e. The predicted molar refractivity (Wildman–Crippen MR) is 62.1 cm³/mol. The third-order valence-corrected chi connectivity index (χ3v) is 3.40. The van der Waals surface area contributed by atoms with Crippen LogP contribution in [0.2, 0.25) is 0 Å². The lowest BCUT2D eigenvalue weighted by atomic mass is 10.0. The number of nitrogens with zero attached hydrogens (tertiary/aromatic N) is 1.